The van der Waals surface area contributed by atoms with E-state index in [1.807, 2.05) is 0 Å². The summed E-state index contributed by atoms with van der Waals surface area (Å²) in [6, 6.07) is 7.44. The lowest BCUT2D eigenvalue weighted by Crippen LogP contribution is -2.13. The molecule has 136 valence electrons. The van der Waals surface area contributed by atoms with Gasteiger partial charge < -0.3 is 9.47 Å². The maximum absolute atomic E-state index is 13.0. The summed E-state index contributed by atoms with van der Waals surface area (Å²) in [5.74, 6) is 0.0322. The predicted molar refractivity (Wildman–Crippen MR) is 81.5 cm³/mol. The molecule has 0 aromatic heterocycles. The Morgan fingerprint density at radius 3 is 1.72 bits per heavy atom. The highest BCUT2D eigenvalue weighted by Gasteiger charge is 2.41. The molecule has 0 atom stereocenters. The molecule has 25 heavy (non-hydrogen) atoms. The van der Waals surface area contributed by atoms with E-state index in [0.717, 1.165) is 0 Å². The average molecular weight is 429 g/mol. The van der Waals surface area contributed by atoms with Crippen LogP contribution in [0.2, 0.25) is 0 Å². The Morgan fingerprint density at radius 1 is 0.840 bits per heavy atom. The van der Waals surface area contributed by atoms with Gasteiger partial charge in [0.15, 0.2) is 0 Å². The van der Waals surface area contributed by atoms with Crippen molar-refractivity contribution in [3.63, 3.8) is 0 Å². The van der Waals surface area contributed by atoms with Crippen molar-refractivity contribution in [2.75, 3.05) is 7.11 Å². The minimum Gasteiger partial charge on any atom is -0.497 e. The molecular formula is C16H11BrF6O2. The molecule has 0 spiro atoms. The maximum Gasteiger partial charge on any atom is 0.417 e. The van der Waals surface area contributed by atoms with Gasteiger partial charge in [-0.25, -0.2) is 0 Å². The minimum absolute atomic E-state index is 0.194. The van der Waals surface area contributed by atoms with Gasteiger partial charge in [0.2, 0.25) is 0 Å². The number of alkyl halides is 6. The number of hydrogen-bond acceptors (Lipinski definition) is 2. The Morgan fingerprint density at radius 2 is 1.32 bits per heavy atom. The van der Waals surface area contributed by atoms with Crippen molar-refractivity contribution in [1.29, 1.82) is 0 Å². The highest BCUT2D eigenvalue weighted by atomic mass is 79.9. The summed E-state index contributed by atoms with van der Waals surface area (Å²) in [6.07, 6.45) is -9.92. The standard InChI is InChI=1S/C16H11BrF6O2/c1-24-10-4-2-9(3-5-10)8-25-11-6-12(15(18,19)20)14(17)13(7-11)16(21,22)23/h2-7H,8H2,1H3. The monoisotopic (exact) mass is 428 g/mol. The van der Waals surface area contributed by atoms with Gasteiger partial charge in [0.1, 0.15) is 18.1 Å². The van der Waals surface area contributed by atoms with Crippen LogP contribution in [0.25, 0.3) is 0 Å². The number of rotatable bonds is 4. The molecule has 2 aromatic carbocycles. The van der Waals surface area contributed by atoms with E-state index in [4.69, 9.17) is 9.47 Å². The van der Waals surface area contributed by atoms with E-state index in [9.17, 15) is 26.3 Å². The quantitative estimate of drug-likeness (QED) is 0.549. The first-order valence-corrected chi connectivity index (χ1v) is 7.55. The molecule has 0 saturated carbocycles. The van der Waals surface area contributed by atoms with Crippen molar-refractivity contribution < 1.29 is 35.8 Å². The van der Waals surface area contributed by atoms with Crippen LogP contribution in [0.5, 0.6) is 11.5 Å². The largest absolute Gasteiger partial charge is 0.497 e. The van der Waals surface area contributed by atoms with E-state index in [-0.39, 0.29) is 6.61 Å². The molecular weight excluding hydrogens is 418 g/mol. The molecule has 0 amide bonds. The van der Waals surface area contributed by atoms with Crippen LogP contribution in [-0.2, 0) is 19.0 Å². The smallest absolute Gasteiger partial charge is 0.417 e. The van der Waals surface area contributed by atoms with E-state index in [1.165, 1.54) is 7.11 Å². The third-order valence-corrected chi connectivity index (χ3v) is 4.08. The summed E-state index contributed by atoms with van der Waals surface area (Å²) in [5, 5.41) is 0. The van der Waals surface area contributed by atoms with Crippen molar-refractivity contribution >= 4 is 15.9 Å². The van der Waals surface area contributed by atoms with Crippen molar-refractivity contribution in [3.8, 4) is 11.5 Å². The van der Waals surface area contributed by atoms with E-state index in [1.54, 1.807) is 24.3 Å². The zero-order valence-corrected chi connectivity index (χ0v) is 14.2. The fourth-order valence-corrected chi connectivity index (χ4v) is 2.66. The zero-order chi connectivity index (χ0) is 18.8. The summed E-state index contributed by atoms with van der Waals surface area (Å²) in [4.78, 5) is 0. The second-order valence-corrected chi connectivity index (χ2v) is 5.76. The van der Waals surface area contributed by atoms with Crippen LogP contribution in [0, 0.1) is 0 Å². The van der Waals surface area contributed by atoms with Crippen molar-refractivity contribution in [2.24, 2.45) is 0 Å². The van der Waals surface area contributed by atoms with Gasteiger partial charge in [0.25, 0.3) is 0 Å². The Hall–Kier alpha value is -1.90. The van der Waals surface area contributed by atoms with Crippen molar-refractivity contribution in [3.05, 3.63) is 57.6 Å². The molecule has 0 aliphatic heterocycles. The molecule has 0 N–H and O–H groups in total. The van der Waals surface area contributed by atoms with Crippen LogP contribution < -0.4 is 9.47 Å². The molecule has 2 nitrogen and oxygen atoms in total. The maximum atomic E-state index is 13.0. The summed E-state index contributed by atoms with van der Waals surface area (Å²) >= 11 is 2.39. The number of ether oxygens (including phenoxy) is 2. The number of methoxy groups -OCH3 is 1. The van der Waals surface area contributed by atoms with Gasteiger partial charge in [-0.1, -0.05) is 12.1 Å². The summed E-state index contributed by atoms with van der Waals surface area (Å²) in [7, 11) is 1.46. The number of hydrogen-bond donors (Lipinski definition) is 0. The Kier molecular flexibility index (Phi) is 5.55. The van der Waals surface area contributed by atoms with Gasteiger partial charge in [-0.3, -0.25) is 0 Å². The van der Waals surface area contributed by atoms with Gasteiger partial charge >= 0.3 is 12.4 Å². The molecule has 0 radical (unpaired) electrons. The number of benzene rings is 2. The van der Waals surface area contributed by atoms with Gasteiger partial charge in [-0.2, -0.15) is 26.3 Å². The Labute approximate surface area is 147 Å². The van der Waals surface area contributed by atoms with Crippen LogP contribution in [0.3, 0.4) is 0 Å². The van der Waals surface area contributed by atoms with E-state index in [2.05, 4.69) is 15.9 Å². The van der Waals surface area contributed by atoms with E-state index in [0.29, 0.717) is 23.4 Å². The van der Waals surface area contributed by atoms with Crippen LogP contribution in [-0.4, -0.2) is 7.11 Å². The first-order chi connectivity index (χ1) is 11.5. The molecule has 0 aliphatic carbocycles. The second kappa shape index (κ2) is 7.15. The molecule has 9 heteroatoms. The molecule has 0 heterocycles. The lowest BCUT2D eigenvalue weighted by molar-refractivity contribution is -0.144. The molecule has 2 rings (SSSR count). The van der Waals surface area contributed by atoms with Crippen molar-refractivity contribution in [2.45, 2.75) is 19.0 Å². The molecule has 0 unspecified atom stereocenters. The van der Waals surface area contributed by atoms with Crippen LogP contribution >= 0.6 is 15.9 Å². The predicted octanol–water partition coefficient (Wildman–Crippen LogP) is 6.07. The normalized spacial score (nSPS) is 12.2. The topological polar surface area (TPSA) is 18.5 Å². The third-order valence-electron chi connectivity index (χ3n) is 3.22. The van der Waals surface area contributed by atoms with Crippen molar-refractivity contribution in [1.82, 2.24) is 0 Å². The third kappa shape index (κ3) is 4.81. The van der Waals surface area contributed by atoms with E-state index < -0.39 is 33.7 Å². The first kappa shape index (κ1) is 19.4. The lowest BCUT2D eigenvalue weighted by atomic mass is 10.1. The summed E-state index contributed by atoms with van der Waals surface area (Å²) in [5.41, 5.74) is -2.34. The zero-order valence-electron chi connectivity index (χ0n) is 12.6. The minimum atomic E-state index is -4.96. The Bertz CT molecular complexity index is 703. The SMILES string of the molecule is COc1ccc(COc2cc(C(F)(F)F)c(Br)c(C(F)(F)F)c2)cc1. The average Bonchev–Trinajstić information content (AvgIpc) is 2.52. The van der Waals surface area contributed by atoms with Gasteiger partial charge in [-0.15, -0.1) is 0 Å². The summed E-state index contributed by atoms with van der Waals surface area (Å²) in [6.45, 7) is -0.194. The van der Waals surface area contributed by atoms with Gasteiger partial charge in [-0.05, 0) is 45.8 Å². The van der Waals surface area contributed by atoms with Crippen LogP contribution in [0.4, 0.5) is 26.3 Å². The molecule has 2 aromatic rings. The first-order valence-electron chi connectivity index (χ1n) is 6.76. The fraction of sp³-hybridized carbons (Fsp3) is 0.250. The van der Waals surface area contributed by atoms with Crippen LogP contribution in [0.15, 0.2) is 40.9 Å². The lowest BCUT2D eigenvalue weighted by Gasteiger charge is -2.17. The molecule has 0 saturated heterocycles. The second-order valence-electron chi connectivity index (χ2n) is 4.96. The fourth-order valence-electron chi connectivity index (χ4n) is 1.98. The summed E-state index contributed by atoms with van der Waals surface area (Å²) < 4.78 is 86.9. The van der Waals surface area contributed by atoms with E-state index >= 15 is 0 Å². The molecule has 0 fully saturated rings. The highest BCUT2D eigenvalue weighted by molar-refractivity contribution is 9.10. The molecule has 0 bridgehead atoms. The van der Waals surface area contributed by atoms with Gasteiger partial charge in [0.05, 0.1) is 18.2 Å². The van der Waals surface area contributed by atoms with Gasteiger partial charge in [0, 0.05) is 4.47 Å². The Balaban J connectivity index is 2.33. The number of halogens is 7. The molecule has 0 aliphatic rings. The highest BCUT2D eigenvalue weighted by Crippen LogP contribution is 2.44. The van der Waals surface area contributed by atoms with Crippen LogP contribution in [0.1, 0.15) is 16.7 Å².